The van der Waals surface area contributed by atoms with Crippen molar-refractivity contribution in [1.82, 2.24) is 0 Å². The molecule has 0 bridgehead atoms. The van der Waals surface area contributed by atoms with E-state index in [2.05, 4.69) is 73.6 Å². The Balaban J connectivity index is 3.40. The molecule has 0 aliphatic carbocycles. The van der Waals surface area contributed by atoms with Crippen LogP contribution in [-0.2, 0) is 0 Å². The Kier molecular flexibility index (Phi) is 5.24. The van der Waals surface area contributed by atoms with Crippen molar-refractivity contribution in [2.45, 2.75) is 78.5 Å². The molecule has 1 aromatic carbocycles. The topological polar surface area (TPSA) is 0 Å². The molecule has 0 aliphatic rings. The van der Waals surface area contributed by atoms with Gasteiger partial charge in [-0.3, -0.25) is 0 Å². The van der Waals surface area contributed by atoms with Gasteiger partial charge in [0, 0.05) is 0 Å². The summed E-state index contributed by atoms with van der Waals surface area (Å²) in [6.07, 6.45) is 2.49. The van der Waals surface area contributed by atoms with Crippen LogP contribution in [0.15, 0.2) is 18.2 Å². The number of hydrogen-bond acceptors (Lipinski definition) is 0. The van der Waals surface area contributed by atoms with Gasteiger partial charge >= 0.3 is 0 Å². The minimum Gasteiger partial charge on any atom is -0.0645 e. The monoisotopic (exact) mass is 278 g/mol. The zero-order chi connectivity index (χ0) is 14.8. The van der Waals surface area contributed by atoms with Crippen LogP contribution >= 0.6 is 7.92 Å². The van der Waals surface area contributed by atoms with Crippen molar-refractivity contribution in [3.05, 3.63) is 29.3 Å². The maximum Gasteiger partial charge on any atom is -0.0109 e. The normalized spacial score (nSPS) is 13.1. The second-order valence-corrected chi connectivity index (χ2v) is 10.5. The van der Waals surface area contributed by atoms with Crippen LogP contribution in [0.3, 0.4) is 0 Å². The minimum atomic E-state index is -0.176. The van der Waals surface area contributed by atoms with Gasteiger partial charge in [-0.25, -0.2) is 0 Å². The highest BCUT2D eigenvalue weighted by Crippen LogP contribution is 2.61. The predicted octanol–water partition coefficient (Wildman–Crippen LogP) is 5.79. The number of benzene rings is 1. The molecule has 0 amide bonds. The second kappa shape index (κ2) is 5.96. The Morgan fingerprint density at radius 2 is 1.37 bits per heavy atom. The third-order valence-corrected chi connectivity index (χ3v) is 8.57. The fourth-order valence-electron chi connectivity index (χ4n) is 2.84. The van der Waals surface area contributed by atoms with E-state index in [1.165, 1.54) is 24.0 Å². The first-order chi connectivity index (χ1) is 8.65. The summed E-state index contributed by atoms with van der Waals surface area (Å²) in [4.78, 5) is 0. The van der Waals surface area contributed by atoms with Gasteiger partial charge in [-0.1, -0.05) is 73.2 Å². The molecule has 108 valence electrons. The smallest absolute Gasteiger partial charge is 0.0109 e. The van der Waals surface area contributed by atoms with E-state index >= 15 is 0 Å². The van der Waals surface area contributed by atoms with Crippen molar-refractivity contribution in [2.75, 3.05) is 0 Å². The number of hydrogen-bond donors (Lipinski definition) is 0. The van der Waals surface area contributed by atoms with Gasteiger partial charge in [0.2, 0.25) is 0 Å². The molecule has 0 unspecified atom stereocenters. The fourth-order valence-corrected chi connectivity index (χ4v) is 7.06. The Morgan fingerprint density at radius 3 is 1.74 bits per heavy atom. The quantitative estimate of drug-likeness (QED) is 0.598. The zero-order valence-electron chi connectivity index (χ0n) is 14.1. The molecule has 0 heterocycles. The van der Waals surface area contributed by atoms with Gasteiger partial charge in [0.15, 0.2) is 0 Å². The largest absolute Gasteiger partial charge is 0.0645 e. The van der Waals surface area contributed by atoms with E-state index in [1.807, 2.05) is 0 Å². The molecule has 0 radical (unpaired) electrons. The molecular weight excluding hydrogens is 247 g/mol. The highest BCUT2D eigenvalue weighted by molar-refractivity contribution is 7.68. The van der Waals surface area contributed by atoms with E-state index in [4.69, 9.17) is 0 Å². The van der Waals surface area contributed by atoms with Crippen LogP contribution in [-0.4, -0.2) is 10.3 Å². The first kappa shape index (κ1) is 16.7. The first-order valence-electron chi connectivity index (χ1n) is 7.53. The standard InChI is InChI=1S/C18H31P/c1-9-17(5,6)19(18(7,8)10-2)16-12-11-14(3)13-15(16)4/h11-13H,9-10H2,1-8H3. The third-order valence-electron chi connectivity index (χ3n) is 4.53. The highest BCUT2D eigenvalue weighted by Gasteiger charge is 2.39. The summed E-state index contributed by atoms with van der Waals surface area (Å²) in [6, 6.07) is 7.03. The van der Waals surface area contributed by atoms with E-state index in [0.717, 1.165) is 0 Å². The highest BCUT2D eigenvalue weighted by atomic mass is 31.1. The summed E-state index contributed by atoms with van der Waals surface area (Å²) in [5.74, 6) is 0. The summed E-state index contributed by atoms with van der Waals surface area (Å²) in [5, 5.41) is 2.41. The molecule has 0 saturated carbocycles. The van der Waals surface area contributed by atoms with Crippen LogP contribution in [0.1, 0.15) is 65.5 Å². The lowest BCUT2D eigenvalue weighted by Crippen LogP contribution is -2.35. The number of rotatable bonds is 5. The first-order valence-corrected chi connectivity index (χ1v) is 8.87. The maximum absolute atomic E-state index is 2.45. The Hall–Kier alpha value is -0.350. The van der Waals surface area contributed by atoms with Gasteiger partial charge in [0.1, 0.15) is 0 Å². The molecule has 19 heavy (non-hydrogen) atoms. The van der Waals surface area contributed by atoms with Gasteiger partial charge in [0.25, 0.3) is 0 Å². The average Bonchev–Trinajstić information content (AvgIpc) is 2.32. The summed E-state index contributed by atoms with van der Waals surface area (Å²) in [7, 11) is -0.176. The lowest BCUT2D eigenvalue weighted by atomic mass is 10.1. The van der Waals surface area contributed by atoms with E-state index in [9.17, 15) is 0 Å². The lowest BCUT2D eigenvalue weighted by molar-refractivity contribution is 0.610. The number of aryl methyl sites for hydroxylation is 2. The maximum atomic E-state index is 2.45. The van der Waals surface area contributed by atoms with Gasteiger partial charge in [-0.2, -0.15) is 0 Å². The zero-order valence-corrected chi connectivity index (χ0v) is 15.0. The lowest BCUT2D eigenvalue weighted by Gasteiger charge is -2.45. The Labute approximate surface area is 121 Å². The van der Waals surface area contributed by atoms with E-state index in [1.54, 1.807) is 5.30 Å². The summed E-state index contributed by atoms with van der Waals surface area (Å²) in [5.41, 5.74) is 2.86. The van der Waals surface area contributed by atoms with E-state index in [-0.39, 0.29) is 7.92 Å². The fraction of sp³-hybridized carbons (Fsp3) is 0.667. The molecule has 1 aromatic rings. The molecule has 0 nitrogen and oxygen atoms in total. The van der Waals surface area contributed by atoms with Crippen molar-refractivity contribution in [3.8, 4) is 0 Å². The Bertz CT molecular complexity index is 413. The summed E-state index contributed by atoms with van der Waals surface area (Å²) in [6.45, 7) is 19.0. The summed E-state index contributed by atoms with van der Waals surface area (Å²) < 4.78 is 0. The molecule has 1 rings (SSSR count). The molecule has 0 fully saturated rings. The molecule has 0 spiro atoms. The molecule has 0 aliphatic heterocycles. The van der Waals surface area contributed by atoms with Gasteiger partial charge in [-0.15, -0.1) is 0 Å². The minimum absolute atomic E-state index is 0.176. The van der Waals surface area contributed by atoms with Crippen LogP contribution in [0.25, 0.3) is 0 Å². The van der Waals surface area contributed by atoms with Crippen LogP contribution in [0, 0.1) is 13.8 Å². The predicted molar refractivity (Wildman–Crippen MR) is 91.2 cm³/mol. The van der Waals surface area contributed by atoms with Crippen LogP contribution in [0.5, 0.6) is 0 Å². The van der Waals surface area contributed by atoms with Crippen molar-refractivity contribution in [1.29, 1.82) is 0 Å². The SMILES string of the molecule is CCC(C)(C)P(c1ccc(C)cc1C)C(C)(C)CC. The van der Waals surface area contributed by atoms with Crippen molar-refractivity contribution in [3.63, 3.8) is 0 Å². The second-order valence-electron chi connectivity index (χ2n) is 6.96. The molecule has 0 N–H and O–H groups in total. The molecule has 1 heteroatoms. The van der Waals surface area contributed by atoms with Gasteiger partial charge < -0.3 is 0 Å². The molecular formula is C18H31P. The van der Waals surface area contributed by atoms with Crippen LogP contribution in [0.4, 0.5) is 0 Å². The van der Waals surface area contributed by atoms with Gasteiger partial charge in [0.05, 0.1) is 0 Å². The van der Waals surface area contributed by atoms with Gasteiger partial charge in [-0.05, 0) is 47.9 Å². The molecule has 0 atom stereocenters. The third kappa shape index (κ3) is 3.60. The molecule has 0 saturated heterocycles. The summed E-state index contributed by atoms with van der Waals surface area (Å²) >= 11 is 0. The van der Waals surface area contributed by atoms with Crippen LogP contribution in [0.2, 0.25) is 0 Å². The van der Waals surface area contributed by atoms with Crippen molar-refractivity contribution in [2.24, 2.45) is 0 Å². The average molecular weight is 278 g/mol. The van der Waals surface area contributed by atoms with Crippen molar-refractivity contribution >= 4 is 13.2 Å². The van der Waals surface area contributed by atoms with Crippen molar-refractivity contribution < 1.29 is 0 Å². The molecule has 0 aromatic heterocycles. The Morgan fingerprint density at radius 1 is 0.895 bits per heavy atom. The van der Waals surface area contributed by atoms with E-state index < -0.39 is 0 Å². The van der Waals surface area contributed by atoms with E-state index in [0.29, 0.717) is 10.3 Å². The van der Waals surface area contributed by atoms with Crippen LogP contribution < -0.4 is 5.30 Å².